The number of carbonyl (C=O) groups is 1. The standard InChI is InChI=1S/C30H33N3O4/c1-20-7-6-10-22(15-20)25-17-33-14-13-24-23(11-12-28(35-2)30(24)36-19-29(31)34)27(33)16-26(25)32-37-18-21-8-4-3-5-9-21/h3-12,15,25,27H,13-14,16-19H2,1-2H3,(H2,31,34)/t25-,27+/m1/s1. The highest BCUT2D eigenvalue weighted by Crippen LogP contribution is 2.45. The first-order chi connectivity index (χ1) is 18.0. The first kappa shape index (κ1) is 24.8. The van der Waals surface area contributed by atoms with Crippen molar-refractivity contribution in [2.45, 2.75) is 38.3 Å². The maximum absolute atomic E-state index is 11.4. The highest BCUT2D eigenvalue weighted by atomic mass is 16.6. The molecule has 5 rings (SSSR count). The maximum Gasteiger partial charge on any atom is 0.255 e. The molecule has 1 fully saturated rings. The van der Waals surface area contributed by atoms with E-state index in [2.05, 4.69) is 42.2 Å². The van der Waals surface area contributed by atoms with Gasteiger partial charge in [-0.05, 0) is 36.1 Å². The van der Waals surface area contributed by atoms with Crippen LogP contribution >= 0.6 is 0 Å². The van der Waals surface area contributed by atoms with E-state index in [1.165, 1.54) is 16.7 Å². The summed E-state index contributed by atoms with van der Waals surface area (Å²) >= 11 is 0. The van der Waals surface area contributed by atoms with Crippen LogP contribution < -0.4 is 15.2 Å². The molecule has 0 aliphatic carbocycles. The van der Waals surface area contributed by atoms with Gasteiger partial charge in [0.05, 0.1) is 12.8 Å². The van der Waals surface area contributed by atoms with Gasteiger partial charge in [0, 0.05) is 37.0 Å². The number of benzene rings is 3. The molecule has 0 spiro atoms. The lowest BCUT2D eigenvalue weighted by Crippen LogP contribution is -2.45. The average Bonchev–Trinajstić information content (AvgIpc) is 2.91. The molecular formula is C30H33N3O4. The van der Waals surface area contributed by atoms with Gasteiger partial charge in [-0.25, -0.2) is 0 Å². The second kappa shape index (κ2) is 11.0. The Morgan fingerprint density at radius 1 is 1.11 bits per heavy atom. The molecule has 1 amide bonds. The number of amides is 1. The summed E-state index contributed by atoms with van der Waals surface area (Å²) in [5, 5.41) is 4.72. The quantitative estimate of drug-likeness (QED) is 0.461. The molecule has 0 unspecified atom stereocenters. The average molecular weight is 500 g/mol. The van der Waals surface area contributed by atoms with Crippen LogP contribution in [0.3, 0.4) is 0 Å². The maximum atomic E-state index is 11.4. The van der Waals surface area contributed by atoms with Gasteiger partial charge in [0.15, 0.2) is 18.1 Å². The van der Waals surface area contributed by atoms with Crippen LogP contribution in [-0.4, -0.2) is 43.3 Å². The summed E-state index contributed by atoms with van der Waals surface area (Å²) < 4.78 is 11.4. The van der Waals surface area contributed by atoms with Crippen LogP contribution in [0.2, 0.25) is 0 Å². The Morgan fingerprint density at radius 2 is 1.95 bits per heavy atom. The van der Waals surface area contributed by atoms with Crippen molar-refractivity contribution in [3.63, 3.8) is 0 Å². The topological polar surface area (TPSA) is 86.4 Å². The van der Waals surface area contributed by atoms with Crippen LogP contribution in [0.25, 0.3) is 0 Å². The molecule has 2 atom stereocenters. The Morgan fingerprint density at radius 3 is 2.70 bits per heavy atom. The zero-order chi connectivity index (χ0) is 25.8. The van der Waals surface area contributed by atoms with Crippen molar-refractivity contribution in [1.29, 1.82) is 0 Å². The number of nitrogens with zero attached hydrogens (tertiary/aromatic N) is 2. The molecule has 3 aromatic carbocycles. The number of oxime groups is 1. The fraction of sp³-hybridized carbons (Fsp3) is 0.333. The second-order valence-corrected chi connectivity index (χ2v) is 9.69. The predicted molar refractivity (Wildman–Crippen MR) is 143 cm³/mol. The molecule has 0 saturated carbocycles. The zero-order valence-electron chi connectivity index (χ0n) is 21.4. The Kier molecular flexibility index (Phi) is 7.42. The Hall–Kier alpha value is -3.84. The number of ether oxygens (including phenoxy) is 2. The van der Waals surface area contributed by atoms with E-state index in [0.717, 1.165) is 42.8 Å². The Balaban J connectivity index is 1.47. The SMILES string of the molecule is COc1ccc2c(c1OCC(N)=O)CCN1C[C@H](c3cccc(C)c3)C(=NOCc3ccccc3)C[C@@H]21. The highest BCUT2D eigenvalue weighted by molar-refractivity contribution is 5.92. The normalized spacial score (nSPS) is 20.1. The van der Waals surface area contributed by atoms with Crippen molar-refractivity contribution in [3.8, 4) is 11.5 Å². The van der Waals surface area contributed by atoms with Gasteiger partial charge >= 0.3 is 0 Å². The van der Waals surface area contributed by atoms with Crippen LogP contribution in [0.5, 0.6) is 11.5 Å². The smallest absolute Gasteiger partial charge is 0.255 e. The van der Waals surface area contributed by atoms with Crippen molar-refractivity contribution >= 4 is 11.6 Å². The molecule has 2 heterocycles. The molecule has 2 N–H and O–H groups in total. The lowest BCUT2D eigenvalue weighted by Gasteiger charge is -2.44. The van der Waals surface area contributed by atoms with E-state index in [9.17, 15) is 4.79 Å². The Bertz CT molecular complexity index is 1290. The van der Waals surface area contributed by atoms with Crippen molar-refractivity contribution in [3.05, 3.63) is 94.5 Å². The van der Waals surface area contributed by atoms with Gasteiger partial charge in [0.1, 0.15) is 6.61 Å². The molecule has 0 aromatic heterocycles. The van der Waals surface area contributed by atoms with E-state index < -0.39 is 5.91 Å². The molecular weight excluding hydrogens is 466 g/mol. The first-order valence-electron chi connectivity index (χ1n) is 12.7. The van der Waals surface area contributed by atoms with Crippen LogP contribution in [0.4, 0.5) is 0 Å². The van der Waals surface area contributed by atoms with Crippen LogP contribution in [0.15, 0.2) is 71.9 Å². The van der Waals surface area contributed by atoms with Gasteiger partial charge < -0.3 is 20.0 Å². The van der Waals surface area contributed by atoms with Crippen molar-refractivity contribution in [2.75, 3.05) is 26.8 Å². The number of piperidine rings is 1. The van der Waals surface area contributed by atoms with E-state index in [-0.39, 0.29) is 18.6 Å². The molecule has 192 valence electrons. The molecule has 7 heteroatoms. The van der Waals surface area contributed by atoms with Crippen molar-refractivity contribution in [1.82, 2.24) is 4.90 Å². The number of aryl methyl sites for hydroxylation is 1. The third-order valence-corrected chi connectivity index (χ3v) is 7.21. The van der Waals surface area contributed by atoms with Gasteiger partial charge in [0.25, 0.3) is 5.91 Å². The number of fused-ring (bicyclic) bond motifs is 3. The molecule has 7 nitrogen and oxygen atoms in total. The number of rotatable bonds is 8. The monoisotopic (exact) mass is 499 g/mol. The third kappa shape index (κ3) is 5.47. The molecule has 0 bridgehead atoms. The fourth-order valence-corrected chi connectivity index (χ4v) is 5.45. The zero-order valence-corrected chi connectivity index (χ0v) is 21.4. The molecule has 37 heavy (non-hydrogen) atoms. The number of primary amides is 1. The predicted octanol–water partition coefficient (Wildman–Crippen LogP) is 4.53. The number of hydrogen-bond donors (Lipinski definition) is 1. The van der Waals surface area contributed by atoms with E-state index in [0.29, 0.717) is 18.1 Å². The minimum absolute atomic E-state index is 0.130. The van der Waals surface area contributed by atoms with Crippen LogP contribution in [0, 0.1) is 6.92 Å². The summed E-state index contributed by atoms with van der Waals surface area (Å²) in [4.78, 5) is 19.9. The van der Waals surface area contributed by atoms with Crippen LogP contribution in [0.1, 0.15) is 46.2 Å². The van der Waals surface area contributed by atoms with Crippen molar-refractivity contribution < 1.29 is 19.1 Å². The summed E-state index contributed by atoms with van der Waals surface area (Å²) in [6.45, 7) is 4.09. The summed E-state index contributed by atoms with van der Waals surface area (Å²) in [6, 6.07) is 22.9. The van der Waals surface area contributed by atoms with Crippen molar-refractivity contribution in [2.24, 2.45) is 10.9 Å². The second-order valence-electron chi connectivity index (χ2n) is 9.69. The Labute approximate surface area is 217 Å². The lowest BCUT2D eigenvalue weighted by atomic mass is 9.79. The molecule has 1 saturated heterocycles. The number of carbonyl (C=O) groups excluding carboxylic acids is 1. The summed E-state index contributed by atoms with van der Waals surface area (Å²) in [7, 11) is 1.61. The van der Waals surface area contributed by atoms with E-state index in [1.807, 2.05) is 36.4 Å². The lowest BCUT2D eigenvalue weighted by molar-refractivity contribution is -0.119. The van der Waals surface area contributed by atoms with Gasteiger partial charge in [-0.3, -0.25) is 9.69 Å². The number of methoxy groups -OCH3 is 1. The minimum atomic E-state index is -0.513. The van der Waals surface area contributed by atoms with Gasteiger partial charge in [0.2, 0.25) is 0 Å². The summed E-state index contributed by atoms with van der Waals surface area (Å²) in [5.74, 6) is 0.859. The van der Waals surface area contributed by atoms with E-state index in [1.54, 1.807) is 7.11 Å². The van der Waals surface area contributed by atoms with E-state index in [4.69, 9.17) is 25.2 Å². The van der Waals surface area contributed by atoms with Gasteiger partial charge in [-0.2, -0.15) is 0 Å². The highest BCUT2D eigenvalue weighted by Gasteiger charge is 2.39. The molecule has 2 aliphatic heterocycles. The summed E-state index contributed by atoms with van der Waals surface area (Å²) in [5.41, 5.74) is 12.2. The van der Waals surface area contributed by atoms with Gasteiger partial charge in [-0.1, -0.05) is 71.4 Å². The first-order valence-corrected chi connectivity index (χ1v) is 12.7. The third-order valence-electron chi connectivity index (χ3n) is 7.21. The largest absolute Gasteiger partial charge is 0.493 e. The summed E-state index contributed by atoms with van der Waals surface area (Å²) in [6.07, 6.45) is 1.54. The van der Waals surface area contributed by atoms with Gasteiger partial charge in [-0.15, -0.1) is 0 Å². The molecule has 0 radical (unpaired) electrons. The number of hydrogen-bond acceptors (Lipinski definition) is 6. The minimum Gasteiger partial charge on any atom is -0.493 e. The number of nitrogens with two attached hydrogens (primary N) is 1. The molecule has 3 aromatic rings. The fourth-order valence-electron chi connectivity index (χ4n) is 5.45. The molecule has 2 aliphatic rings. The van der Waals surface area contributed by atoms with Crippen LogP contribution in [-0.2, 0) is 22.7 Å². The van der Waals surface area contributed by atoms with E-state index >= 15 is 0 Å².